The Bertz CT molecular complexity index is 332. The second-order valence-corrected chi connectivity index (χ2v) is 3.03. The van der Waals surface area contributed by atoms with Crippen LogP contribution in [0.15, 0.2) is 23.1 Å². The first-order valence-electron chi connectivity index (χ1n) is 4.60. The summed E-state index contributed by atoms with van der Waals surface area (Å²) in [6.45, 7) is 3.10. The molecule has 1 aromatic heterocycles. The van der Waals surface area contributed by atoms with Gasteiger partial charge in [0.25, 0.3) is 5.56 Å². The third-order valence-corrected chi connectivity index (χ3v) is 1.92. The first-order chi connectivity index (χ1) is 6.75. The van der Waals surface area contributed by atoms with Gasteiger partial charge in [-0.2, -0.15) is 0 Å². The van der Waals surface area contributed by atoms with Crippen molar-refractivity contribution >= 4 is 0 Å². The average Bonchev–Trinajstić information content (AvgIpc) is 2.19. The third-order valence-electron chi connectivity index (χ3n) is 1.92. The maximum absolute atomic E-state index is 11.5. The van der Waals surface area contributed by atoms with Gasteiger partial charge in [0.1, 0.15) is 0 Å². The second-order valence-electron chi connectivity index (χ2n) is 3.03. The molecule has 0 aromatic carbocycles. The Morgan fingerprint density at radius 2 is 2.29 bits per heavy atom. The van der Waals surface area contributed by atoms with E-state index in [0.29, 0.717) is 19.8 Å². The summed E-state index contributed by atoms with van der Waals surface area (Å²) in [7, 11) is 0. The second kappa shape index (κ2) is 5.57. The lowest BCUT2D eigenvalue weighted by atomic mass is 10.3. The first-order valence-corrected chi connectivity index (χ1v) is 4.60. The van der Waals surface area contributed by atoms with E-state index < -0.39 is 0 Å². The maximum Gasteiger partial charge on any atom is 0.253 e. The van der Waals surface area contributed by atoms with Gasteiger partial charge in [-0.3, -0.25) is 4.79 Å². The zero-order chi connectivity index (χ0) is 10.4. The van der Waals surface area contributed by atoms with Gasteiger partial charge in [0.15, 0.2) is 0 Å². The van der Waals surface area contributed by atoms with Gasteiger partial charge in [-0.15, -0.1) is 0 Å². The number of aromatic nitrogens is 1. The minimum absolute atomic E-state index is 0.0140. The smallest absolute Gasteiger partial charge is 0.253 e. The van der Waals surface area contributed by atoms with Gasteiger partial charge in [0.2, 0.25) is 0 Å². The molecule has 14 heavy (non-hydrogen) atoms. The van der Waals surface area contributed by atoms with Crippen LogP contribution in [0.5, 0.6) is 0 Å². The minimum Gasteiger partial charge on any atom is -0.394 e. The van der Waals surface area contributed by atoms with E-state index in [1.54, 1.807) is 23.8 Å². The van der Waals surface area contributed by atoms with Crippen LogP contribution < -0.4 is 5.56 Å². The molecule has 1 N–H and O–H groups in total. The van der Waals surface area contributed by atoms with E-state index in [-0.39, 0.29) is 12.2 Å². The molecule has 4 heteroatoms. The molecule has 0 amide bonds. The minimum atomic E-state index is 0.0140. The van der Waals surface area contributed by atoms with Crippen LogP contribution in [-0.2, 0) is 11.3 Å². The van der Waals surface area contributed by atoms with Gasteiger partial charge in [-0.25, -0.2) is 0 Å². The van der Waals surface area contributed by atoms with Gasteiger partial charge in [-0.05, 0) is 13.0 Å². The van der Waals surface area contributed by atoms with E-state index in [1.165, 1.54) is 0 Å². The topological polar surface area (TPSA) is 51.5 Å². The lowest BCUT2D eigenvalue weighted by molar-refractivity contribution is 0.0865. The first kappa shape index (κ1) is 10.9. The van der Waals surface area contributed by atoms with Crippen molar-refractivity contribution in [1.82, 2.24) is 4.57 Å². The monoisotopic (exact) mass is 197 g/mol. The summed E-state index contributed by atoms with van der Waals surface area (Å²) in [5.74, 6) is 0. The van der Waals surface area contributed by atoms with Crippen molar-refractivity contribution in [3.05, 3.63) is 34.2 Å². The molecule has 0 fully saturated rings. The third kappa shape index (κ3) is 2.97. The molecule has 0 aliphatic rings. The van der Waals surface area contributed by atoms with Crippen LogP contribution in [0.2, 0.25) is 0 Å². The number of hydrogen-bond donors (Lipinski definition) is 1. The molecule has 1 aromatic rings. The van der Waals surface area contributed by atoms with Crippen LogP contribution in [0.3, 0.4) is 0 Å². The highest BCUT2D eigenvalue weighted by molar-refractivity contribution is 5.07. The molecule has 4 nitrogen and oxygen atoms in total. The zero-order valence-corrected chi connectivity index (χ0v) is 8.27. The Hall–Kier alpha value is -1.13. The molecule has 78 valence electrons. The van der Waals surface area contributed by atoms with Crippen LogP contribution >= 0.6 is 0 Å². The molecule has 0 aliphatic carbocycles. The van der Waals surface area contributed by atoms with Crippen molar-refractivity contribution in [3.8, 4) is 0 Å². The Morgan fingerprint density at radius 3 is 3.00 bits per heavy atom. The summed E-state index contributed by atoms with van der Waals surface area (Å²) < 4.78 is 6.68. The number of rotatable bonds is 5. The number of aliphatic hydroxyl groups excluding tert-OH is 1. The van der Waals surface area contributed by atoms with Crippen molar-refractivity contribution in [2.75, 3.05) is 19.8 Å². The summed E-state index contributed by atoms with van der Waals surface area (Å²) in [5, 5.41) is 8.47. The van der Waals surface area contributed by atoms with Crippen LogP contribution in [0.1, 0.15) is 5.56 Å². The Balaban J connectivity index is 2.51. The van der Waals surface area contributed by atoms with Crippen molar-refractivity contribution in [1.29, 1.82) is 0 Å². The predicted octanol–water partition coefficient (Wildman–Crippen LogP) is 0.166. The molecule has 0 spiro atoms. The fourth-order valence-electron chi connectivity index (χ4n) is 1.16. The average molecular weight is 197 g/mol. The van der Waals surface area contributed by atoms with Gasteiger partial charge >= 0.3 is 0 Å². The summed E-state index contributed by atoms with van der Waals surface area (Å²) in [6.07, 6.45) is 1.73. The number of aliphatic hydroxyl groups is 1. The van der Waals surface area contributed by atoms with Crippen molar-refractivity contribution in [3.63, 3.8) is 0 Å². The molecule has 0 atom stereocenters. The highest BCUT2D eigenvalue weighted by atomic mass is 16.5. The van der Waals surface area contributed by atoms with E-state index in [4.69, 9.17) is 9.84 Å². The number of ether oxygens (including phenoxy) is 1. The zero-order valence-electron chi connectivity index (χ0n) is 8.27. The van der Waals surface area contributed by atoms with Crippen molar-refractivity contribution in [2.24, 2.45) is 0 Å². The largest absolute Gasteiger partial charge is 0.394 e. The maximum atomic E-state index is 11.5. The highest BCUT2D eigenvalue weighted by Crippen LogP contribution is 1.89. The molecule has 0 bridgehead atoms. The number of aryl methyl sites for hydroxylation is 1. The summed E-state index contributed by atoms with van der Waals surface area (Å²) in [6, 6.07) is 3.62. The van der Waals surface area contributed by atoms with Crippen molar-refractivity contribution in [2.45, 2.75) is 13.5 Å². The lowest BCUT2D eigenvalue weighted by Crippen LogP contribution is -2.23. The Labute approximate surface area is 82.8 Å². The fraction of sp³-hybridized carbons (Fsp3) is 0.500. The summed E-state index contributed by atoms with van der Waals surface area (Å²) >= 11 is 0. The lowest BCUT2D eigenvalue weighted by Gasteiger charge is -2.06. The van der Waals surface area contributed by atoms with Gasteiger partial charge < -0.3 is 14.4 Å². The van der Waals surface area contributed by atoms with Gasteiger partial charge in [0, 0.05) is 18.3 Å². The van der Waals surface area contributed by atoms with Crippen LogP contribution in [0, 0.1) is 6.92 Å². The Morgan fingerprint density at radius 1 is 1.50 bits per heavy atom. The van der Waals surface area contributed by atoms with Crippen LogP contribution in [-0.4, -0.2) is 29.5 Å². The van der Waals surface area contributed by atoms with E-state index in [2.05, 4.69) is 0 Å². The summed E-state index contributed by atoms with van der Waals surface area (Å²) in [5.41, 5.74) is 0.745. The fourth-order valence-corrected chi connectivity index (χ4v) is 1.16. The molecule has 0 aliphatic heterocycles. The van der Waals surface area contributed by atoms with Crippen molar-refractivity contribution < 1.29 is 9.84 Å². The number of pyridine rings is 1. The van der Waals surface area contributed by atoms with Gasteiger partial charge in [-0.1, -0.05) is 6.07 Å². The predicted molar refractivity (Wildman–Crippen MR) is 53.3 cm³/mol. The molecule has 1 rings (SSSR count). The van der Waals surface area contributed by atoms with Gasteiger partial charge in [0.05, 0.1) is 19.8 Å². The molecule has 0 saturated heterocycles. The molecule has 0 saturated carbocycles. The van der Waals surface area contributed by atoms with E-state index in [0.717, 1.165) is 5.56 Å². The SMILES string of the molecule is Cc1cccn(CCOCCO)c1=O. The van der Waals surface area contributed by atoms with E-state index in [1.807, 2.05) is 6.07 Å². The molecule has 0 radical (unpaired) electrons. The quantitative estimate of drug-likeness (QED) is 0.684. The number of nitrogens with zero attached hydrogens (tertiary/aromatic N) is 1. The van der Waals surface area contributed by atoms with E-state index in [9.17, 15) is 4.79 Å². The Kier molecular flexibility index (Phi) is 4.35. The number of hydrogen-bond acceptors (Lipinski definition) is 3. The van der Waals surface area contributed by atoms with Crippen LogP contribution in [0.25, 0.3) is 0 Å². The standard InChI is InChI=1S/C10H15NO3/c1-9-3-2-4-11(10(9)13)5-7-14-8-6-12/h2-4,12H,5-8H2,1H3. The van der Waals surface area contributed by atoms with E-state index >= 15 is 0 Å². The molecular formula is C10H15NO3. The highest BCUT2D eigenvalue weighted by Gasteiger charge is 1.97. The molecular weight excluding hydrogens is 182 g/mol. The molecule has 1 heterocycles. The molecule has 0 unspecified atom stereocenters. The van der Waals surface area contributed by atoms with Crippen LogP contribution in [0.4, 0.5) is 0 Å². The normalized spacial score (nSPS) is 10.4. The summed E-state index contributed by atoms with van der Waals surface area (Å²) in [4.78, 5) is 11.5.